The fourth-order valence-corrected chi connectivity index (χ4v) is 0.784. The van der Waals surface area contributed by atoms with E-state index in [2.05, 4.69) is 5.43 Å². The van der Waals surface area contributed by atoms with Gasteiger partial charge < -0.3 is 4.74 Å². The molecule has 0 unspecified atom stereocenters. The van der Waals surface area contributed by atoms with Gasteiger partial charge in [-0.05, 0) is 13.3 Å². The van der Waals surface area contributed by atoms with Crippen molar-refractivity contribution < 1.29 is 9.53 Å². The number of nitrogens with zero attached hydrogens (tertiary/aromatic N) is 1. The summed E-state index contributed by atoms with van der Waals surface area (Å²) in [4.78, 5) is 11.0. The van der Waals surface area contributed by atoms with Crippen molar-refractivity contribution in [2.45, 2.75) is 19.8 Å². The van der Waals surface area contributed by atoms with E-state index in [-0.39, 0.29) is 5.91 Å². The molecule has 1 N–H and O–H groups in total. The van der Waals surface area contributed by atoms with Crippen LogP contribution in [0, 0.1) is 0 Å². The number of amides is 1. The van der Waals surface area contributed by atoms with Gasteiger partial charge in [0.15, 0.2) is 0 Å². The average Bonchev–Trinajstić information content (AvgIpc) is 1.97. The molecule has 0 aliphatic rings. The monoisotopic (exact) mass is 174 g/mol. The van der Waals surface area contributed by atoms with Crippen molar-refractivity contribution in [2.75, 3.05) is 27.3 Å². The van der Waals surface area contributed by atoms with E-state index in [1.165, 1.54) is 0 Å². The molecule has 0 saturated carbocycles. The zero-order valence-electron chi connectivity index (χ0n) is 8.09. The van der Waals surface area contributed by atoms with Crippen LogP contribution in [-0.4, -0.2) is 38.2 Å². The van der Waals surface area contributed by atoms with Gasteiger partial charge in [0.1, 0.15) is 0 Å². The maximum Gasteiger partial charge on any atom is 0.234 e. The molecule has 0 saturated heterocycles. The molecule has 0 spiro atoms. The van der Waals surface area contributed by atoms with E-state index in [1.807, 2.05) is 6.92 Å². The van der Waals surface area contributed by atoms with Crippen LogP contribution in [0.3, 0.4) is 0 Å². The molecule has 1 amide bonds. The summed E-state index contributed by atoms with van der Waals surface area (Å²) >= 11 is 0. The number of ether oxygens (including phenoxy) is 1. The van der Waals surface area contributed by atoms with Crippen LogP contribution in [0.5, 0.6) is 0 Å². The lowest BCUT2D eigenvalue weighted by Gasteiger charge is -2.11. The average molecular weight is 174 g/mol. The van der Waals surface area contributed by atoms with E-state index >= 15 is 0 Å². The quantitative estimate of drug-likeness (QED) is 0.468. The SMILES string of the molecule is CCOCCCC(=O)NN(C)C. The molecule has 0 aromatic carbocycles. The van der Waals surface area contributed by atoms with Gasteiger partial charge in [-0.25, -0.2) is 5.01 Å². The predicted octanol–water partition coefficient (Wildman–Crippen LogP) is 0.396. The van der Waals surface area contributed by atoms with Gasteiger partial charge >= 0.3 is 0 Å². The second-order valence-corrected chi connectivity index (χ2v) is 2.73. The Kier molecular flexibility index (Phi) is 6.70. The minimum atomic E-state index is 0.0414. The van der Waals surface area contributed by atoms with E-state index < -0.39 is 0 Å². The second-order valence-electron chi connectivity index (χ2n) is 2.73. The summed E-state index contributed by atoms with van der Waals surface area (Å²) in [5, 5.41) is 1.64. The first kappa shape index (κ1) is 11.4. The summed E-state index contributed by atoms with van der Waals surface area (Å²) in [7, 11) is 3.58. The molecule has 4 nitrogen and oxygen atoms in total. The van der Waals surface area contributed by atoms with E-state index in [0.29, 0.717) is 13.0 Å². The van der Waals surface area contributed by atoms with Crippen molar-refractivity contribution in [1.82, 2.24) is 10.4 Å². The Morgan fingerprint density at radius 3 is 2.67 bits per heavy atom. The number of nitrogens with one attached hydrogen (secondary N) is 1. The van der Waals surface area contributed by atoms with Crippen LogP contribution in [0.25, 0.3) is 0 Å². The van der Waals surface area contributed by atoms with Gasteiger partial charge in [0.25, 0.3) is 0 Å². The van der Waals surface area contributed by atoms with Crippen molar-refractivity contribution in [3.63, 3.8) is 0 Å². The fraction of sp³-hybridized carbons (Fsp3) is 0.875. The third-order valence-corrected chi connectivity index (χ3v) is 1.24. The Morgan fingerprint density at radius 1 is 1.50 bits per heavy atom. The lowest BCUT2D eigenvalue weighted by molar-refractivity contribution is -0.125. The highest BCUT2D eigenvalue weighted by Crippen LogP contribution is 1.89. The highest BCUT2D eigenvalue weighted by molar-refractivity contribution is 5.75. The first-order chi connectivity index (χ1) is 5.66. The van der Waals surface area contributed by atoms with Crippen LogP contribution < -0.4 is 5.43 Å². The molecule has 0 atom stereocenters. The molecule has 0 rings (SSSR count). The third-order valence-electron chi connectivity index (χ3n) is 1.24. The first-order valence-corrected chi connectivity index (χ1v) is 4.21. The molecule has 4 heteroatoms. The Hall–Kier alpha value is -0.610. The van der Waals surface area contributed by atoms with Crippen LogP contribution in [0.2, 0.25) is 0 Å². The van der Waals surface area contributed by atoms with E-state index in [1.54, 1.807) is 19.1 Å². The second kappa shape index (κ2) is 7.06. The number of rotatable bonds is 6. The van der Waals surface area contributed by atoms with Crippen LogP contribution in [0.4, 0.5) is 0 Å². The summed E-state index contributed by atoms with van der Waals surface area (Å²) in [5.74, 6) is 0.0414. The molecule has 0 heterocycles. The van der Waals surface area contributed by atoms with Crippen molar-refractivity contribution >= 4 is 5.91 Å². The highest BCUT2D eigenvalue weighted by Gasteiger charge is 2.00. The molecular weight excluding hydrogens is 156 g/mol. The van der Waals surface area contributed by atoms with Gasteiger partial charge in [0.2, 0.25) is 5.91 Å². The maximum absolute atomic E-state index is 11.0. The van der Waals surface area contributed by atoms with Crippen molar-refractivity contribution in [1.29, 1.82) is 0 Å². The number of carbonyl (C=O) groups is 1. The lowest BCUT2D eigenvalue weighted by Crippen LogP contribution is -2.36. The largest absolute Gasteiger partial charge is 0.382 e. The van der Waals surface area contributed by atoms with E-state index in [9.17, 15) is 4.79 Å². The molecule has 0 aromatic heterocycles. The number of carbonyl (C=O) groups excluding carboxylic acids is 1. The molecule has 0 bridgehead atoms. The normalized spacial score (nSPS) is 10.3. The summed E-state index contributed by atoms with van der Waals surface area (Å²) < 4.78 is 5.10. The van der Waals surface area contributed by atoms with Crippen molar-refractivity contribution in [3.05, 3.63) is 0 Å². The molecule has 0 aromatic rings. The first-order valence-electron chi connectivity index (χ1n) is 4.21. The third kappa shape index (κ3) is 7.50. The van der Waals surface area contributed by atoms with Crippen molar-refractivity contribution in [3.8, 4) is 0 Å². The molecule has 72 valence electrons. The molecule has 0 radical (unpaired) electrons. The fourth-order valence-electron chi connectivity index (χ4n) is 0.784. The van der Waals surface area contributed by atoms with Crippen molar-refractivity contribution in [2.24, 2.45) is 0 Å². The zero-order chi connectivity index (χ0) is 9.40. The van der Waals surface area contributed by atoms with Gasteiger partial charge in [-0.1, -0.05) is 0 Å². The standard InChI is InChI=1S/C8H18N2O2/c1-4-12-7-5-6-8(11)9-10(2)3/h4-7H2,1-3H3,(H,9,11). The lowest BCUT2D eigenvalue weighted by atomic mass is 10.3. The van der Waals surface area contributed by atoms with Gasteiger partial charge in [-0.15, -0.1) is 0 Å². The van der Waals surface area contributed by atoms with E-state index in [0.717, 1.165) is 13.0 Å². The van der Waals surface area contributed by atoms with Crippen LogP contribution in [0.15, 0.2) is 0 Å². The number of hydrazine groups is 1. The zero-order valence-corrected chi connectivity index (χ0v) is 8.09. The number of hydrogen-bond acceptors (Lipinski definition) is 3. The van der Waals surface area contributed by atoms with Crippen LogP contribution in [0.1, 0.15) is 19.8 Å². The minimum Gasteiger partial charge on any atom is -0.382 e. The highest BCUT2D eigenvalue weighted by atomic mass is 16.5. The Labute approximate surface area is 73.8 Å². The molecule has 0 aliphatic carbocycles. The Bertz CT molecular complexity index is 126. The summed E-state index contributed by atoms with van der Waals surface area (Å²) in [5.41, 5.74) is 2.66. The van der Waals surface area contributed by atoms with Crippen LogP contribution in [-0.2, 0) is 9.53 Å². The number of hydrogen-bond donors (Lipinski definition) is 1. The molecule has 0 fully saturated rings. The topological polar surface area (TPSA) is 41.6 Å². The van der Waals surface area contributed by atoms with Gasteiger partial charge in [0.05, 0.1) is 0 Å². The van der Waals surface area contributed by atoms with Gasteiger partial charge in [0, 0.05) is 33.7 Å². The van der Waals surface area contributed by atoms with Gasteiger partial charge in [-0.2, -0.15) is 0 Å². The molecule has 12 heavy (non-hydrogen) atoms. The molecular formula is C8H18N2O2. The molecule has 0 aliphatic heterocycles. The van der Waals surface area contributed by atoms with Gasteiger partial charge in [-0.3, -0.25) is 10.2 Å². The Balaban J connectivity index is 3.20. The summed E-state index contributed by atoms with van der Waals surface area (Å²) in [6, 6.07) is 0. The predicted molar refractivity (Wildman–Crippen MR) is 47.6 cm³/mol. The smallest absolute Gasteiger partial charge is 0.234 e. The maximum atomic E-state index is 11.0. The van der Waals surface area contributed by atoms with E-state index in [4.69, 9.17) is 4.74 Å². The summed E-state index contributed by atoms with van der Waals surface area (Å²) in [6.45, 7) is 3.33. The minimum absolute atomic E-state index is 0.0414. The Morgan fingerprint density at radius 2 is 2.17 bits per heavy atom. The summed E-state index contributed by atoms with van der Waals surface area (Å²) in [6.07, 6.45) is 1.31. The van der Waals surface area contributed by atoms with Crippen LogP contribution >= 0.6 is 0 Å².